The van der Waals surface area contributed by atoms with E-state index in [-0.39, 0.29) is 5.91 Å². The summed E-state index contributed by atoms with van der Waals surface area (Å²) >= 11 is 1.43. The molecule has 1 aromatic carbocycles. The first-order chi connectivity index (χ1) is 8.31. The monoisotopic (exact) mass is 247 g/mol. The van der Waals surface area contributed by atoms with Gasteiger partial charge in [0.15, 0.2) is 0 Å². The minimum Gasteiger partial charge on any atom is -0.380 e. The molecule has 3 nitrogen and oxygen atoms in total. The highest BCUT2D eigenvalue weighted by atomic mass is 32.1. The molecule has 0 aliphatic heterocycles. The second-order valence-electron chi connectivity index (χ2n) is 3.52. The molecule has 2 rings (SSSR count). The third kappa shape index (κ3) is 2.93. The van der Waals surface area contributed by atoms with Crippen molar-refractivity contribution in [2.45, 2.75) is 6.61 Å². The second-order valence-corrected chi connectivity index (χ2v) is 4.47. The molecule has 0 atom stereocenters. The maximum absolute atomic E-state index is 11.9. The average Bonchev–Trinajstić information content (AvgIpc) is 2.85. The molecule has 4 heteroatoms. The highest BCUT2D eigenvalue weighted by Gasteiger charge is 2.09. The van der Waals surface area contributed by atoms with Gasteiger partial charge >= 0.3 is 0 Å². The fourth-order valence-electron chi connectivity index (χ4n) is 1.52. The van der Waals surface area contributed by atoms with E-state index < -0.39 is 0 Å². The number of rotatable bonds is 4. The molecule has 17 heavy (non-hydrogen) atoms. The number of anilines is 1. The lowest BCUT2D eigenvalue weighted by Gasteiger charge is -2.09. The van der Waals surface area contributed by atoms with Crippen molar-refractivity contribution in [1.29, 1.82) is 0 Å². The number of carbonyl (C=O) groups excluding carboxylic acids is 1. The number of ether oxygens (including phenoxy) is 1. The zero-order chi connectivity index (χ0) is 12.1. The lowest BCUT2D eigenvalue weighted by molar-refractivity contribution is 0.103. The van der Waals surface area contributed by atoms with E-state index in [2.05, 4.69) is 5.32 Å². The van der Waals surface area contributed by atoms with Crippen LogP contribution in [0, 0.1) is 0 Å². The highest BCUT2D eigenvalue weighted by molar-refractivity contribution is 7.12. The van der Waals surface area contributed by atoms with Crippen molar-refractivity contribution >= 4 is 22.9 Å². The Hall–Kier alpha value is -1.65. The molecule has 0 saturated heterocycles. The first kappa shape index (κ1) is 11.8. The predicted molar refractivity (Wildman–Crippen MR) is 69.4 cm³/mol. The lowest BCUT2D eigenvalue weighted by atomic mass is 10.2. The predicted octanol–water partition coefficient (Wildman–Crippen LogP) is 3.15. The molecule has 0 bridgehead atoms. The number of carbonyl (C=O) groups is 1. The molecule has 0 fully saturated rings. The molecule has 1 heterocycles. The van der Waals surface area contributed by atoms with E-state index in [4.69, 9.17) is 4.74 Å². The van der Waals surface area contributed by atoms with Crippen LogP contribution >= 0.6 is 11.3 Å². The summed E-state index contributed by atoms with van der Waals surface area (Å²) in [5.41, 5.74) is 1.77. The van der Waals surface area contributed by atoms with Crippen LogP contribution in [-0.4, -0.2) is 13.0 Å². The average molecular weight is 247 g/mol. The molecular weight excluding hydrogens is 234 g/mol. The van der Waals surface area contributed by atoms with E-state index in [0.29, 0.717) is 11.5 Å². The van der Waals surface area contributed by atoms with Crippen LogP contribution in [0.2, 0.25) is 0 Å². The number of hydrogen-bond acceptors (Lipinski definition) is 3. The highest BCUT2D eigenvalue weighted by Crippen LogP contribution is 2.18. The van der Waals surface area contributed by atoms with E-state index in [1.165, 1.54) is 11.3 Å². The van der Waals surface area contributed by atoms with Gasteiger partial charge in [-0.05, 0) is 17.5 Å². The zero-order valence-electron chi connectivity index (χ0n) is 9.47. The molecule has 0 aliphatic rings. The fraction of sp³-hybridized carbons (Fsp3) is 0.154. The van der Waals surface area contributed by atoms with Crippen LogP contribution in [0.5, 0.6) is 0 Å². The van der Waals surface area contributed by atoms with Crippen LogP contribution in [0.4, 0.5) is 5.69 Å². The number of amides is 1. The summed E-state index contributed by atoms with van der Waals surface area (Å²) in [5, 5.41) is 4.77. The summed E-state index contributed by atoms with van der Waals surface area (Å²) in [5.74, 6) is -0.0800. The number of nitrogens with one attached hydrogen (secondary N) is 1. The van der Waals surface area contributed by atoms with Gasteiger partial charge in [-0.15, -0.1) is 11.3 Å². The third-order valence-electron chi connectivity index (χ3n) is 2.31. The summed E-state index contributed by atoms with van der Waals surface area (Å²) in [4.78, 5) is 12.6. The molecule has 0 aliphatic carbocycles. The van der Waals surface area contributed by atoms with Gasteiger partial charge < -0.3 is 10.1 Å². The van der Waals surface area contributed by atoms with E-state index in [9.17, 15) is 4.79 Å². The van der Waals surface area contributed by atoms with Crippen LogP contribution in [0.15, 0.2) is 41.8 Å². The normalized spacial score (nSPS) is 10.2. The Balaban J connectivity index is 2.15. The maximum Gasteiger partial charge on any atom is 0.265 e. The van der Waals surface area contributed by atoms with Gasteiger partial charge in [-0.2, -0.15) is 0 Å². The minimum absolute atomic E-state index is 0.0800. The van der Waals surface area contributed by atoms with Gasteiger partial charge in [-0.3, -0.25) is 4.79 Å². The van der Waals surface area contributed by atoms with Crippen molar-refractivity contribution in [3.63, 3.8) is 0 Å². The Bertz CT molecular complexity index is 494. The largest absolute Gasteiger partial charge is 0.380 e. The fourth-order valence-corrected chi connectivity index (χ4v) is 2.13. The van der Waals surface area contributed by atoms with Crippen molar-refractivity contribution in [1.82, 2.24) is 0 Å². The number of hydrogen-bond donors (Lipinski definition) is 1. The van der Waals surface area contributed by atoms with Crippen molar-refractivity contribution in [2.24, 2.45) is 0 Å². The molecule has 2 aromatic rings. The lowest BCUT2D eigenvalue weighted by Crippen LogP contribution is -2.11. The molecular formula is C13H13NO2S. The molecule has 0 unspecified atom stereocenters. The smallest absolute Gasteiger partial charge is 0.265 e. The number of thiophene rings is 1. The van der Waals surface area contributed by atoms with Gasteiger partial charge in [0, 0.05) is 18.4 Å². The van der Waals surface area contributed by atoms with Crippen LogP contribution in [0.3, 0.4) is 0 Å². The molecule has 0 radical (unpaired) electrons. The van der Waals surface area contributed by atoms with Gasteiger partial charge in [-0.25, -0.2) is 0 Å². The van der Waals surface area contributed by atoms with Gasteiger partial charge in [0.2, 0.25) is 0 Å². The quantitative estimate of drug-likeness (QED) is 0.901. The van der Waals surface area contributed by atoms with E-state index in [1.807, 2.05) is 35.7 Å². The van der Waals surface area contributed by atoms with E-state index >= 15 is 0 Å². The number of benzene rings is 1. The van der Waals surface area contributed by atoms with E-state index in [1.54, 1.807) is 13.2 Å². The van der Waals surface area contributed by atoms with Gasteiger partial charge in [0.1, 0.15) is 0 Å². The van der Waals surface area contributed by atoms with Crippen molar-refractivity contribution in [3.05, 3.63) is 52.2 Å². The van der Waals surface area contributed by atoms with Crippen molar-refractivity contribution in [2.75, 3.05) is 12.4 Å². The number of para-hydroxylation sites is 1. The first-order valence-electron chi connectivity index (χ1n) is 5.23. The van der Waals surface area contributed by atoms with Crippen LogP contribution < -0.4 is 5.32 Å². The minimum atomic E-state index is -0.0800. The Morgan fingerprint density at radius 1 is 1.29 bits per heavy atom. The summed E-state index contributed by atoms with van der Waals surface area (Å²) in [6.07, 6.45) is 0. The second kappa shape index (κ2) is 5.61. The maximum atomic E-state index is 11.9. The molecule has 1 aromatic heterocycles. The van der Waals surface area contributed by atoms with Gasteiger partial charge in [-0.1, -0.05) is 24.3 Å². The summed E-state index contributed by atoms with van der Waals surface area (Å²) in [6.45, 7) is 0.487. The first-order valence-corrected chi connectivity index (χ1v) is 6.11. The van der Waals surface area contributed by atoms with E-state index in [0.717, 1.165) is 11.3 Å². The van der Waals surface area contributed by atoms with Crippen LogP contribution in [-0.2, 0) is 11.3 Å². The Morgan fingerprint density at radius 2 is 2.12 bits per heavy atom. The van der Waals surface area contributed by atoms with Gasteiger partial charge in [0.25, 0.3) is 5.91 Å². The SMILES string of the molecule is COCc1ccccc1NC(=O)c1cccs1. The van der Waals surface area contributed by atoms with Crippen LogP contribution in [0.1, 0.15) is 15.2 Å². The Kier molecular flexibility index (Phi) is 3.90. The van der Waals surface area contributed by atoms with Crippen LogP contribution in [0.25, 0.3) is 0 Å². The number of methoxy groups -OCH3 is 1. The molecule has 0 saturated carbocycles. The Morgan fingerprint density at radius 3 is 2.82 bits per heavy atom. The summed E-state index contributed by atoms with van der Waals surface area (Å²) < 4.78 is 5.09. The van der Waals surface area contributed by atoms with Crippen molar-refractivity contribution < 1.29 is 9.53 Å². The third-order valence-corrected chi connectivity index (χ3v) is 3.18. The van der Waals surface area contributed by atoms with Crippen molar-refractivity contribution in [3.8, 4) is 0 Å². The Labute approximate surface area is 104 Å². The molecule has 0 spiro atoms. The molecule has 1 N–H and O–H groups in total. The summed E-state index contributed by atoms with van der Waals surface area (Å²) in [6, 6.07) is 11.3. The topological polar surface area (TPSA) is 38.3 Å². The summed E-state index contributed by atoms with van der Waals surface area (Å²) in [7, 11) is 1.64. The zero-order valence-corrected chi connectivity index (χ0v) is 10.3. The van der Waals surface area contributed by atoms with Gasteiger partial charge in [0.05, 0.1) is 11.5 Å². The standard InChI is InChI=1S/C13H13NO2S/c1-16-9-10-5-2-3-6-11(10)14-13(15)12-7-4-8-17-12/h2-8H,9H2,1H3,(H,14,15). The molecule has 88 valence electrons. The molecule has 1 amide bonds.